The summed E-state index contributed by atoms with van der Waals surface area (Å²) in [6.45, 7) is 0.416. The molecule has 2 aromatic rings. The summed E-state index contributed by atoms with van der Waals surface area (Å²) in [7, 11) is 0. The highest BCUT2D eigenvalue weighted by Gasteiger charge is 2.10. The number of anilines is 1. The van der Waals surface area contributed by atoms with Crippen LogP contribution in [-0.2, 0) is 0 Å². The van der Waals surface area contributed by atoms with Crippen molar-refractivity contribution in [1.82, 2.24) is 4.98 Å². The van der Waals surface area contributed by atoms with Gasteiger partial charge < -0.3 is 11.1 Å². The average Bonchev–Trinajstić information content (AvgIpc) is 2.41. The number of rotatable bonds is 4. The van der Waals surface area contributed by atoms with Crippen molar-refractivity contribution in [3.8, 4) is 0 Å². The fourth-order valence-electron chi connectivity index (χ4n) is 1.66. The van der Waals surface area contributed by atoms with Crippen LogP contribution < -0.4 is 11.1 Å². The van der Waals surface area contributed by atoms with Gasteiger partial charge in [-0.2, -0.15) is 0 Å². The van der Waals surface area contributed by atoms with Crippen molar-refractivity contribution in [2.24, 2.45) is 5.73 Å². The summed E-state index contributed by atoms with van der Waals surface area (Å²) in [5.41, 5.74) is 7.48. The molecule has 94 valence electrons. The van der Waals surface area contributed by atoms with Crippen LogP contribution in [0, 0.1) is 5.82 Å². The number of pyridine rings is 1. The molecule has 5 heteroatoms. The number of hydrogen-bond acceptors (Lipinski definition) is 3. The second kappa shape index (κ2) is 5.80. The van der Waals surface area contributed by atoms with Crippen molar-refractivity contribution in [3.05, 3.63) is 59.1 Å². The Balaban J connectivity index is 2.18. The molecule has 1 unspecified atom stereocenters. The van der Waals surface area contributed by atoms with E-state index in [-0.39, 0.29) is 11.1 Å². The van der Waals surface area contributed by atoms with Crippen LogP contribution in [0.5, 0.6) is 0 Å². The second-order valence-corrected chi connectivity index (χ2v) is 4.25. The Bertz CT molecular complexity index is 519. The van der Waals surface area contributed by atoms with Crippen molar-refractivity contribution in [3.63, 3.8) is 0 Å². The molecule has 3 N–H and O–H groups in total. The molecule has 0 saturated carbocycles. The van der Waals surface area contributed by atoms with E-state index in [1.165, 1.54) is 6.07 Å². The van der Waals surface area contributed by atoms with Crippen molar-refractivity contribution in [1.29, 1.82) is 0 Å². The Morgan fingerprint density at radius 1 is 1.28 bits per heavy atom. The van der Waals surface area contributed by atoms with Crippen LogP contribution in [0.4, 0.5) is 10.1 Å². The molecule has 0 fully saturated rings. The van der Waals surface area contributed by atoms with Crippen LogP contribution in [0.3, 0.4) is 0 Å². The molecule has 0 bridgehead atoms. The van der Waals surface area contributed by atoms with Gasteiger partial charge in [-0.05, 0) is 35.9 Å². The van der Waals surface area contributed by atoms with Crippen LogP contribution in [0.2, 0.25) is 5.02 Å². The molecule has 1 atom stereocenters. The van der Waals surface area contributed by atoms with Crippen LogP contribution in [0.15, 0.2) is 42.7 Å². The quantitative estimate of drug-likeness (QED) is 0.894. The second-order valence-electron chi connectivity index (χ2n) is 3.84. The van der Waals surface area contributed by atoms with E-state index in [2.05, 4.69) is 10.3 Å². The minimum atomic E-state index is -0.435. The third-order valence-corrected chi connectivity index (χ3v) is 2.89. The molecule has 0 spiro atoms. The maximum Gasteiger partial charge on any atom is 0.141 e. The Kier molecular flexibility index (Phi) is 4.12. The van der Waals surface area contributed by atoms with Gasteiger partial charge in [0.15, 0.2) is 0 Å². The highest BCUT2D eigenvalue weighted by molar-refractivity contribution is 6.31. The van der Waals surface area contributed by atoms with Crippen LogP contribution in [0.25, 0.3) is 0 Å². The van der Waals surface area contributed by atoms with Gasteiger partial charge in [0.1, 0.15) is 5.82 Å². The van der Waals surface area contributed by atoms with Gasteiger partial charge in [-0.25, -0.2) is 4.39 Å². The highest BCUT2D eigenvalue weighted by atomic mass is 35.5. The minimum absolute atomic E-state index is 0.0606. The predicted octanol–water partition coefficient (Wildman–Crippen LogP) is 2.99. The number of nitrogens with one attached hydrogen (secondary N) is 1. The first-order valence-corrected chi connectivity index (χ1v) is 5.90. The monoisotopic (exact) mass is 265 g/mol. The number of benzene rings is 1. The smallest absolute Gasteiger partial charge is 0.141 e. The highest BCUT2D eigenvalue weighted by Crippen LogP contribution is 2.23. The summed E-state index contributed by atoms with van der Waals surface area (Å²) < 4.78 is 13.0. The molecule has 1 aromatic heterocycles. The molecule has 1 heterocycles. The zero-order chi connectivity index (χ0) is 13.0. The number of aromatic nitrogens is 1. The lowest BCUT2D eigenvalue weighted by molar-refractivity contribution is 0.628. The Hall–Kier alpha value is -1.65. The average molecular weight is 266 g/mol. The maximum atomic E-state index is 13.0. The van der Waals surface area contributed by atoms with Gasteiger partial charge in [0, 0.05) is 24.6 Å². The molecular weight excluding hydrogens is 253 g/mol. The molecule has 0 radical (unpaired) electrons. The van der Waals surface area contributed by atoms with Crippen LogP contribution >= 0.6 is 11.6 Å². The number of hydrogen-bond donors (Lipinski definition) is 2. The first-order chi connectivity index (χ1) is 8.70. The van der Waals surface area contributed by atoms with Gasteiger partial charge in [0.2, 0.25) is 0 Å². The molecule has 0 saturated heterocycles. The SMILES string of the molecule is NCC(Nc1ccc(F)c(Cl)c1)c1ccncc1. The molecule has 0 aliphatic carbocycles. The zero-order valence-corrected chi connectivity index (χ0v) is 10.4. The molecule has 1 aromatic carbocycles. The van der Waals surface area contributed by atoms with Gasteiger partial charge in [0.05, 0.1) is 11.1 Å². The van der Waals surface area contributed by atoms with E-state index in [1.54, 1.807) is 24.5 Å². The summed E-state index contributed by atoms with van der Waals surface area (Å²) in [6.07, 6.45) is 3.41. The van der Waals surface area contributed by atoms with Crippen LogP contribution in [0.1, 0.15) is 11.6 Å². The maximum absolute atomic E-state index is 13.0. The van der Waals surface area contributed by atoms with Gasteiger partial charge in [-0.15, -0.1) is 0 Å². The molecule has 3 nitrogen and oxygen atoms in total. The van der Waals surface area contributed by atoms with Crippen molar-refractivity contribution in [2.75, 3.05) is 11.9 Å². The summed E-state index contributed by atoms with van der Waals surface area (Å²) in [5.74, 6) is -0.435. The van der Waals surface area contributed by atoms with Gasteiger partial charge >= 0.3 is 0 Å². The molecule has 0 aliphatic rings. The fourth-order valence-corrected chi connectivity index (χ4v) is 1.84. The van der Waals surface area contributed by atoms with E-state index >= 15 is 0 Å². The summed E-state index contributed by atoms with van der Waals surface area (Å²) in [5, 5.41) is 3.30. The lowest BCUT2D eigenvalue weighted by Gasteiger charge is -2.18. The number of nitrogens with zero attached hydrogens (tertiary/aromatic N) is 1. The van der Waals surface area contributed by atoms with E-state index < -0.39 is 5.82 Å². The van der Waals surface area contributed by atoms with Gasteiger partial charge in [-0.1, -0.05) is 11.6 Å². The lowest BCUT2D eigenvalue weighted by atomic mass is 10.1. The van der Waals surface area contributed by atoms with E-state index in [0.29, 0.717) is 6.54 Å². The number of nitrogens with two attached hydrogens (primary N) is 1. The fraction of sp³-hybridized carbons (Fsp3) is 0.154. The third-order valence-electron chi connectivity index (χ3n) is 2.60. The minimum Gasteiger partial charge on any atom is -0.377 e. The first kappa shape index (κ1) is 12.8. The molecule has 0 aliphatic heterocycles. The number of halogens is 2. The largest absolute Gasteiger partial charge is 0.377 e. The van der Waals surface area contributed by atoms with E-state index in [9.17, 15) is 4.39 Å². The Labute approximate surface area is 110 Å². The van der Waals surface area contributed by atoms with Crippen molar-refractivity contribution >= 4 is 17.3 Å². The van der Waals surface area contributed by atoms with E-state index in [0.717, 1.165) is 11.3 Å². The zero-order valence-electron chi connectivity index (χ0n) is 9.61. The van der Waals surface area contributed by atoms with Crippen LogP contribution in [-0.4, -0.2) is 11.5 Å². The topological polar surface area (TPSA) is 50.9 Å². The first-order valence-electron chi connectivity index (χ1n) is 5.52. The summed E-state index contributed by atoms with van der Waals surface area (Å²) in [4.78, 5) is 3.96. The summed E-state index contributed by atoms with van der Waals surface area (Å²) >= 11 is 5.73. The third kappa shape index (κ3) is 2.97. The standard InChI is InChI=1S/C13H13ClFN3/c14-11-7-10(1-2-12(11)15)18-13(8-16)9-3-5-17-6-4-9/h1-7,13,18H,8,16H2. The van der Waals surface area contributed by atoms with E-state index in [1.807, 2.05) is 12.1 Å². The molecule has 2 rings (SSSR count). The van der Waals surface area contributed by atoms with Gasteiger partial charge in [0.25, 0.3) is 0 Å². The Morgan fingerprint density at radius 2 is 2.00 bits per heavy atom. The van der Waals surface area contributed by atoms with Crippen molar-refractivity contribution in [2.45, 2.75) is 6.04 Å². The van der Waals surface area contributed by atoms with E-state index in [4.69, 9.17) is 17.3 Å². The molecular formula is C13H13ClFN3. The Morgan fingerprint density at radius 3 is 2.61 bits per heavy atom. The lowest BCUT2D eigenvalue weighted by Crippen LogP contribution is -2.20. The summed E-state index contributed by atoms with van der Waals surface area (Å²) in [6, 6.07) is 8.21. The van der Waals surface area contributed by atoms with Gasteiger partial charge in [-0.3, -0.25) is 4.98 Å². The molecule has 0 amide bonds. The molecule has 18 heavy (non-hydrogen) atoms. The predicted molar refractivity (Wildman–Crippen MR) is 71.1 cm³/mol. The van der Waals surface area contributed by atoms with Crippen molar-refractivity contribution < 1.29 is 4.39 Å². The normalized spacial score (nSPS) is 12.2.